The Morgan fingerprint density at radius 3 is 2.67 bits per heavy atom. The van der Waals surface area contributed by atoms with Gasteiger partial charge in [0.05, 0.1) is 12.3 Å². The minimum atomic E-state index is -0.169. The molecule has 1 N–H and O–H groups in total. The van der Waals surface area contributed by atoms with Crippen LogP contribution in [-0.4, -0.2) is 33.4 Å². The van der Waals surface area contributed by atoms with Crippen molar-refractivity contribution in [3.8, 4) is 0 Å². The lowest BCUT2D eigenvalue weighted by Crippen LogP contribution is -2.26. The van der Waals surface area contributed by atoms with Gasteiger partial charge >= 0.3 is 0 Å². The van der Waals surface area contributed by atoms with Crippen LogP contribution in [0.5, 0.6) is 0 Å². The smallest absolute Gasteiger partial charge is 0.146 e. The van der Waals surface area contributed by atoms with Crippen LogP contribution in [0, 0.1) is 5.82 Å². The van der Waals surface area contributed by atoms with Gasteiger partial charge in [-0.1, -0.05) is 6.07 Å². The second-order valence-electron chi connectivity index (χ2n) is 4.66. The fourth-order valence-electron chi connectivity index (χ4n) is 1.63. The van der Waals surface area contributed by atoms with E-state index in [0.717, 1.165) is 12.1 Å². The summed E-state index contributed by atoms with van der Waals surface area (Å²) in [6, 6.07) is 5.67. The molecule has 0 unspecified atom stereocenters. The van der Waals surface area contributed by atoms with Crippen LogP contribution in [0.1, 0.15) is 19.4 Å². The molecule has 1 aromatic rings. The molecule has 0 atom stereocenters. The van der Waals surface area contributed by atoms with Gasteiger partial charge in [-0.25, -0.2) is 4.39 Å². The second kappa shape index (κ2) is 7.34. The largest absolute Gasteiger partial charge is 0.383 e. The summed E-state index contributed by atoms with van der Waals surface area (Å²) in [4.78, 5) is 1.93. The van der Waals surface area contributed by atoms with E-state index in [9.17, 15) is 4.39 Å². The molecule has 0 amide bonds. The van der Waals surface area contributed by atoms with Gasteiger partial charge in [0.15, 0.2) is 0 Å². The minimum Gasteiger partial charge on any atom is -0.383 e. The fourth-order valence-corrected chi connectivity index (χ4v) is 1.63. The Labute approximate surface area is 109 Å². The Kier molecular flexibility index (Phi) is 6.09. The first-order chi connectivity index (χ1) is 8.56. The maximum Gasteiger partial charge on any atom is 0.146 e. The van der Waals surface area contributed by atoms with Crippen molar-refractivity contribution in [3.05, 3.63) is 29.6 Å². The number of hydrogen-bond donors (Lipinski definition) is 1. The highest BCUT2D eigenvalue weighted by molar-refractivity contribution is 5.49. The van der Waals surface area contributed by atoms with E-state index >= 15 is 0 Å². The average molecular weight is 254 g/mol. The second-order valence-corrected chi connectivity index (χ2v) is 4.66. The molecule has 0 aliphatic heterocycles. The van der Waals surface area contributed by atoms with Gasteiger partial charge in [0, 0.05) is 33.3 Å². The maximum atomic E-state index is 13.9. The molecule has 1 aromatic carbocycles. The standard InChI is InChI=1S/C14H23FN2O/c1-11(2)17(3)14-6-5-12(9-13(14)15)10-16-7-8-18-4/h5-6,9,11,16H,7-8,10H2,1-4H3. The molecule has 18 heavy (non-hydrogen) atoms. The molecule has 0 radical (unpaired) electrons. The van der Waals surface area contributed by atoms with E-state index in [0.29, 0.717) is 18.8 Å². The van der Waals surface area contributed by atoms with E-state index in [1.165, 1.54) is 0 Å². The fraction of sp³-hybridized carbons (Fsp3) is 0.571. The van der Waals surface area contributed by atoms with Gasteiger partial charge in [-0.15, -0.1) is 0 Å². The van der Waals surface area contributed by atoms with Crippen LogP contribution in [0.15, 0.2) is 18.2 Å². The van der Waals surface area contributed by atoms with Gasteiger partial charge in [-0.3, -0.25) is 0 Å². The number of benzene rings is 1. The highest BCUT2D eigenvalue weighted by Crippen LogP contribution is 2.21. The summed E-state index contributed by atoms with van der Waals surface area (Å²) >= 11 is 0. The quantitative estimate of drug-likeness (QED) is 0.756. The summed E-state index contributed by atoms with van der Waals surface area (Å²) in [5.74, 6) is -0.169. The number of nitrogens with zero attached hydrogens (tertiary/aromatic N) is 1. The van der Waals surface area contributed by atoms with Crippen LogP contribution in [0.3, 0.4) is 0 Å². The Balaban J connectivity index is 2.62. The Bertz CT molecular complexity index is 369. The molecule has 102 valence electrons. The van der Waals surface area contributed by atoms with E-state index in [1.807, 2.05) is 37.9 Å². The number of methoxy groups -OCH3 is 1. The third-order valence-electron chi connectivity index (χ3n) is 2.98. The van der Waals surface area contributed by atoms with E-state index in [1.54, 1.807) is 13.2 Å². The van der Waals surface area contributed by atoms with E-state index < -0.39 is 0 Å². The molecule has 0 heterocycles. The molecule has 0 bridgehead atoms. The van der Waals surface area contributed by atoms with Crippen LogP contribution >= 0.6 is 0 Å². The Hall–Kier alpha value is -1.13. The molecule has 0 fully saturated rings. The van der Waals surface area contributed by atoms with Crippen LogP contribution in [-0.2, 0) is 11.3 Å². The monoisotopic (exact) mass is 254 g/mol. The summed E-state index contributed by atoms with van der Waals surface area (Å²) in [6.07, 6.45) is 0. The molecule has 4 heteroatoms. The van der Waals surface area contributed by atoms with Gasteiger partial charge in [-0.2, -0.15) is 0 Å². The molecular weight excluding hydrogens is 231 g/mol. The van der Waals surface area contributed by atoms with Crippen molar-refractivity contribution >= 4 is 5.69 Å². The number of halogens is 1. The third-order valence-corrected chi connectivity index (χ3v) is 2.98. The maximum absolute atomic E-state index is 13.9. The molecule has 0 aliphatic carbocycles. The average Bonchev–Trinajstić information content (AvgIpc) is 2.34. The van der Waals surface area contributed by atoms with Crippen LogP contribution in [0.4, 0.5) is 10.1 Å². The number of ether oxygens (including phenoxy) is 1. The summed E-state index contributed by atoms with van der Waals surface area (Å²) in [6.45, 7) is 6.17. The number of nitrogens with one attached hydrogen (secondary N) is 1. The minimum absolute atomic E-state index is 0.169. The van der Waals surface area contributed by atoms with Crippen molar-refractivity contribution in [1.29, 1.82) is 0 Å². The summed E-state index contributed by atoms with van der Waals surface area (Å²) in [7, 11) is 3.57. The predicted octanol–water partition coefficient (Wildman–Crippen LogP) is 2.41. The highest BCUT2D eigenvalue weighted by Gasteiger charge is 2.10. The molecule has 3 nitrogen and oxygen atoms in total. The highest BCUT2D eigenvalue weighted by atomic mass is 19.1. The van der Waals surface area contributed by atoms with Gasteiger partial charge in [0.25, 0.3) is 0 Å². The van der Waals surface area contributed by atoms with Crippen molar-refractivity contribution in [1.82, 2.24) is 5.32 Å². The van der Waals surface area contributed by atoms with E-state index in [-0.39, 0.29) is 11.9 Å². The molecule has 0 aromatic heterocycles. The predicted molar refractivity (Wildman–Crippen MR) is 73.5 cm³/mol. The van der Waals surface area contributed by atoms with Crippen molar-refractivity contribution in [3.63, 3.8) is 0 Å². The van der Waals surface area contributed by atoms with E-state index in [2.05, 4.69) is 5.32 Å². The zero-order valence-corrected chi connectivity index (χ0v) is 11.7. The molecule has 1 rings (SSSR count). The van der Waals surface area contributed by atoms with Gasteiger partial charge in [0.2, 0.25) is 0 Å². The summed E-state index contributed by atoms with van der Waals surface area (Å²) in [5, 5.41) is 3.20. The van der Waals surface area contributed by atoms with Crippen molar-refractivity contribution in [2.24, 2.45) is 0 Å². The van der Waals surface area contributed by atoms with Gasteiger partial charge in [0.1, 0.15) is 5.82 Å². The lowest BCUT2D eigenvalue weighted by Gasteiger charge is -2.24. The van der Waals surface area contributed by atoms with Crippen molar-refractivity contribution < 1.29 is 9.13 Å². The number of rotatable bonds is 7. The van der Waals surface area contributed by atoms with Crippen LogP contribution in [0.25, 0.3) is 0 Å². The summed E-state index contributed by atoms with van der Waals surface area (Å²) < 4.78 is 18.9. The Morgan fingerprint density at radius 1 is 1.39 bits per heavy atom. The first-order valence-corrected chi connectivity index (χ1v) is 6.27. The molecular formula is C14H23FN2O. The number of anilines is 1. The normalized spacial score (nSPS) is 11.0. The van der Waals surface area contributed by atoms with Crippen molar-refractivity contribution in [2.75, 3.05) is 32.2 Å². The van der Waals surface area contributed by atoms with Gasteiger partial charge < -0.3 is 15.0 Å². The zero-order valence-electron chi connectivity index (χ0n) is 11.7. The Morgan fingerprint density at radius 2 is 2.11 bits per heavy atom. The molecule has 0 spiro atoms. The first-order valence-electron chi connectivity index (χ1n) is 6.27. The topological polar surface area (TPSA) is 24.5 Å². The molecule has 0 saturated heterocycles. The lowest BCUT2D eigenvalue weighted by atomic mass is 10.1. The van der Waals surface area contributed by atoms with Crippen LogP contribution in [0.2, 0.25) is 0 Å². The summed E-state index contributed by atoms with van der Waals surface area (Å²) in [5.41, 5.74) is 1.59. The molecule has 0 saturated carbocycles. The van der Waals surface area contributed by atoms with Crippen LogP contribution < -0.4 is 10.2 Å². The third kappa shape index (κ3) is 4.27. The van der Waals surface area contributed by atoms with Crippen molar-refractivity contribution in [2.45, 2.75) is 26.4 Å². The SMILES string of the molecule is COCCNCc1ccc(N(C)C(C)C)c(F)c1. The lowest BCUT2D eigenvalue weighted by molar-refractivity contribution is 0.199. The zero-order chi connectivity index (χ0) is 13.5. The van der Waals surface area contributed by atoms with E-state index in [4.69, 9.17) is 4.74 Å². The van der Waals surface area contributed by atoms with Gasteiger partial charge in [-0.05, 0) is 31.5 Å². The molecule has 0 aliphatic rings. The first kappa shape index (κ1) is 14.9. The number of hydrogen-bond acceptors (Lipinski definition) is 3.